The molecule has 3 atom stereocenters. The number of benzene rings is 1. The lowest BCUT2D eigenvalue weighted by Gasteiger charge is -2.26. The summed E-state index contributed by atoms with van der Waals surface area (Å²) in [5.74, 6) is 0.734. The predicted octanol–water partition coefficient (Wildman–Crippen LogP) is 1.51. The van der Waals surface area contributed by atoms with Gasteiger partial charge >= 0.3 is 0 Å². The van der Waals surface area contributed by atoms with Crippen LogP contribution in [-0.4, -0.2) is 29.8 Å². The lowest BCUT2D eigenvalue weighted by Crippen LogP contribution is -2.42. The molecule has 0 aromatic heterocycles. The van der Waals surface area contributed by atoms with Gasteiger partial charge in [-0.2, -0.15) is 0 Å². The number of carbonyl (C=O) groups is 1. The number of carbonyl (C=O) groups excluding carboxylic acids is 1. The minimum atomic E-state index is -0.404. The highest BCUT2D eigenvalue weighted by atomic mass is 16.5. The maximum absolute atomic E-state index is 12.1. The highest BCUT2D eigenvalue weighted by Gasteiger charge is 2.26. The van der Waals surface area contributed by atoms with E-state index >= 15 is 0 Å². The first-order valence-electron chi connectivity index (χ1n) is 6.75. The fourth-order valence-corrected chi connectivity index (χ4v) is 2.43. The highest BCUT2D eigenvalue weighted by Crippen LogP contribution is 2.26. The molecule has 0 aliphatic carbocycles. The lowest BCUT2D eigenvalue weighted by atomic mass is 9.95. The van der Waals surface area contributed by atoms with Crippen molar-refractivity contribution in [3.05, 3.63) is 29.8 Å². The summed E-state index contributed by atoms with van der Waals surface area (Å²) in [5, 5.41) is 12.2. The number of ether oxygens (including phenoxy) is 1. The second-order valence-corrected chi connectivity index (χ2v) is 5.31. The topological polar surface area (TPSA) is 58.6 Å². The number of hydrogen-bond acceptors (Lipinski definition) is 3. The van der Waals surface area contributed by atoms with Crippen LogP contribution in [-0.2, 0) is 11.2 Å². The van der Waals surface area contributed by atoms with E-state index in [0.717, 1.165) is 11.3 Å². The number of aliphatic hydroxyl groups excluding tert-OH is 1. The Balaban J connectivity index is 1.92. The molecule has 0 saturated carbocycles. The smallest absolute Gasteiger partial charge is 0.227 e. The van der Waals surface area contributed by atoms with Crippen molar-refractivity contribution in [2.45, 2.75) is 38.8 Å². The SMILES string of the molecule is CC(O)CC(C)NC(=O)C1COc2ccccc2C1. The fraction of sp³-hybridized carbons (Fsp3) is 0.533. The number of hydrogen-bond donors (Lipinski definition) is 2. The Kier molecular flexibility index (Phi) is 4.43. The monoisotopic (exact) mass is 263 g/mol. The molecule has 1 aliphatic rings. The van der Waals surface area contributed by atoms with E-state index in [2.05, 4.69) is 5.32 Å². The van der Waals surface area contributed by atoms with Gasteiger partial charge in [0.1, 0.15) is 12.4 Å². The molecule has 4 heteroatoms. The molecule has 1 heterocycles. The van der Waals surface area contributed by atoms with Crippen LogP contribution in [0.2, 0.25) is 0 Å². The van der Waals surface area contributed by atoms with E-state index in [1.54, 1.807) is 6.92 Å². The van der Waals surface area contributed by atoms with E-state index in [0.29, 0.717) is 19.4 Å². The second-order valence-electron chi connectivity index (χ2n) is 5.31. The van der Waals surface area contributed by atoms with E-state index in [1.807, 2.05) is 31.2 Å². The summed E-state index contributed by atoms with van der Waals surface area (Å²) in [7, 11) is 0. The molecule has 1 aromatic rings. The standard InChI is InChI=1S/C15H21NO3/c1-10(7-11(2)17)16-15(18)13-8-12-5-3-4-6-14(12)19-9-13/h3-6,10-11,13,17H,7-9H2,1-2H3,(H,16,18). The molecule has 0 radical (unpaired) electrons. The van der Waals surface area contributed by atoms with Crippen molar-refractivity contribution >= 4 is 5.91 Å². The summed E-state index contributed by atoms with van der Waals surface area (Å²) in [5.41, 5.74) is 1.08. The molecule has 2 rings (SSSR count). The first-order chi connectivity index (χ1) is 9.06. The predicted molar refractivity (Wildman–Crippen MR) is 73.0 cm³/mol. The molecule has 1 amide bonds. The Bertz CT molecular complexity index is 445. The van der Waals surface area contributed by atoms with Gasteiger partial charge in [0.2, 0.25) is 5.91 Å². The Morgan fingerprint density at radius 2 is 2.21 bits per heavy atom. The second kappa shape index (κ2) is 6.06. The van der Waals surface area contributed by atoms with Crippen molar-refractivity contribution in [1.82, 2.24) is 5.32 Å². The third kappa shape index (κ3) is 3.70. The molecule has 0 fully saturated rings. The van der Waals surface area contributed by atoms with E-state index < -0.39 is 6.10 Å². The van der Waals surface area contributed by atoms with Crippen LogP contribution in [0.15, 0.2) is 24.3 Å². The Hall–Kier alpha value is -1.55. The van der Waals surface area contributed by atoms with Crippen LogP contribution in [0.4, 0.5) is 0 Å². The molecule has 3 unspecified atom stereocenters. The molecule has 0 saturated heterocycles. The summed E-state index contributed by atoms with van der Waals surface area (Å²) < 4.78 is 5.61. The third-order valence-corrected chi connectivity index (χ3v) is 3.33. The summed E-state index contributed by atoms with van der Waals surface area (Å²) in [6.07, 6.45) is 0.873. The van der Waals surface area contributed by atoms with Gasteiger partial charge < -0.3 is 15.2 Å². The van der Waals surface area contributed by atoms with Gasteiger partial charge in [0.25, 0.3) is 0 Å². The fourth-order valence-electron chi connectivity index (χ4n) is 2.43. The summed E-state index contributed by atoms with van der Waals surface area (Å²) in [4.78, 5) is 12.1. The van der Waals surface area contributed by atoms with Crippen molar-refractivity contribution < 1.29 is 14.6 Å². The van der Waals surface area contributed by atoms with E-state index in [-0.39, 0.29) is 17.9 Å². The van der Waals surface area contributed by atoms with Crippen molar-refractivity contribution in [3.63, 3.8) is 0 Å². The molecule has 0 spiro atoms. The highest BCUT2D eigenvalue weighted by molar-refractivity contribution is 5.79. The number of para-hydroxylation sites is 1. The van der Waals surface area contributed by atoms with Gasteiger partial charge in [-0.3, -0.25) is 4.79 Å². The minimum absolute atomic E-state index is 0.00246. The average molecular weight is 263 g/mol. The number of amides is 1. The van der Waals surface area contributed by atoms with Gasteiger partial charge in [-0.25, -0.2) is 0 Å². The van der Waals surface area contributed by atoms with Gasteiger partial charge in [-0.1, -0.05) is 18.2 Å². The van der Waals surface area contributed by atoms with Gasteiger partial charge in [0.05, 0.1) is 12.0 Å². The molecule has 4 nitrogen and oxygen atoms in total. The van der Waals surface area contributed by atoms with Crippen LogP contribution < -0.4 is 10.1 Å². The largest absolute Gasteiger partial charge is 0.492 e. The summed E-state index contributed by atoms with van der Waals surface area (Å²) in [6.45, 7) is 4.05. The molecule has 19 heavy (non-hydrogen) atoms. The van der Waals surface area contributed by atoms with E-state index in [4.69, 9.17) is 4.74 Å². The van der Waals surface area contributed by atoms with Crippen LogP contribution in [0.5, 0.6) is 5.75 Å². The van der Waals surface area contributed by atoms with Crippen LogP contribution in [0.25, 0.3) is 0 Å². The maximum atomic E-state index is 12.1. The quantitative estimate of drug-likeness (QED) is 0.865. The molecular formula is C15H21NO3. The molecule has 0 bridgehead atoms. The van der Waals surface area contributed by atoms with Gasteiger partial charge in [-0.15, -0.1) is 0 Å². The number of nitrogens with one attached hydrogen (secondary N) is 1. The van der Waals surface area contributed by atoms with Crippen LogP contribution in [0.3, 0.4) is 0 Å². The van der Waals surface area contributed by atoms with Crippen LogP contribution in [0, 0.1) is 5.92 Å². The van der Waals surface area contributed by atoms with Crippen LogP contribution >= 0.6 is 0 Å². The first kappa shape index (κ1) is 13.9. The van der Waals surface area contributed by atoms with Crippen molar-refractivity contribution in [2.24, 2.45) is 5.92 Å². The van der Waals surface area contributed by atoms with Gasteiger partial charge in [-0.05, 0) is 38.3 Å². The van der Waals surface area contributed by atoms with Crippen molar-refractivity contribution in [3.8, 4) is 5.75 Å². The van der Waals surface area contributed by atoms with Gasteiger partial charge in [0.15, 0.2) is 0 Å². The third-order valence-electron chi connectivity index (χ3n) is 3.33. The van der Waals surface area contributed by atoms with Crippen molar-refractivity contribution in [2.75, 3.05) is 6.61 Å². The average Bonchev–Trinajstić information content (AvgIpc) is 2.37. The minimum Gasteiger partial charge on any atom is -0.492 e. The van der Waals surface area contributed by atoms with E-state index in [1.165, 1.54) is 0 Å². The van der Waals surface area contributed by atoms with Gasteiger partial charge in [0, 0.05) is 6.04 Å². The molecular weight excluding hydrogens is 242 g/mol. The van der Waals surface area contributed by atoms with E-state index in [9.17, 15) is 9.90 Å². The molecule has 2 N–H and O–H groups in total. The Morgan fingerprint density at radius 1 is 1.47 bits per heavy atom. The zero-order valence-corrected chi connectivity index (χ0v) is 11.4. The Morgan fingerprint density at radius 3 is 2.95 bits per heavy atom. The van der Waals surface area contributed by atoms with Crippen LogP contribution in [0.1, 0.15) is 25.8 Å². The number of rotatable bonds is 4. The molecule has 1 aromatic carbocycles. The molecule has 104 valence electrons. The first-order valence-corrected chi connectivity index (χ1v) is 6.75. The summed E-state index contributed by atoms with van der Waals surface area (Å²) >= 11 is 0. The lowest BCUT2D eigenvalue weighted by molar-refractivity contribution is -0.127. The normalized spacial score (nSPS) is 20.9. The summed E-state index contributed by atoms with van der Waals surface area (Å²) in [6, 6.07) is 7.79. The Labute approximate surface area is 113 Å². The molecule has 1 aliphatic heterocycles. The number of aliphatic hydroxyl groups is 1. The zero-order valence-electron chi connectivity index (χ0n) is 11.4. The maximum Gasteiger partial charge on any atom is 0.227 e. The van der Waals surface area contributed by atoms with Crippen molar-refractivity contribution in [1.29, 1.82) is 0 Å². The number of fused-ring (bicyclic) bond motifs is 1. The zero-order chi connectivity index (χ0) is 13.8.